The Kier molecular flexibility index (Phi) is 11.7. The Morgan fingerprint density at radius 1 is 0.274 bits per heavy atom. The summed E-state index contributed by atoms with van der Waals surface area (Å²) in [4.78, 5) is 19.6. The highest BCUT2D eigenvalue weighted by Crippen LogP contribution is 2.56. The van der Waals surface area contributed by atoms with Crippen molar-refractivity contribution in [1.29, 1.82) is 0 Å². The third-order valence-electron chi connectivity index (χ3n) is 22.6. The summed E-state index contributed by atoms with van der Waals surface area (Å²) in [5, 5.41) is -0.919. The van der Waals surface area contributed by atoms with E-state index in [1.54, 1.807) is 12.1 Å². The molecule has 2 aliphatic rings. The molecule has 5 heterocycles. The van der Waals surface area contributed by atoms with Crippen LogP contribution in [0.5, 0.6) is 0 Å². The summed E-state index contributed by atoms with van der Waals surface area (Å²) < 4.78 is 253. The van der Waals surface area contributed by atoms with Crippen molar-refractivity contribution in [3.8, 4) is 90.0 Å². The first-order valence-electron chi connectivity index (χ1n) is 52.1. The second-order valence-corrected chi connectivity index (χ2v) is 34.1. The van der Waals surface area contributed by atoms with Gasteiger partial charge < -0.3 is 18.9 Å². The molecule has 0 amide bonds. The van der Waals surface area contributed by atoms with Crippen molar-refractivity contribution < 1.29 is 35.6 Å². The maximum Gasteiger partial charge on any atom is 0.252 e. The molecule has 0 spiro atoms. The van der Waals surface area contributed by atoms with Gasteiger partial charge in [-0.05, 0) is 167 Å². The second-order valence-electron chi connectivity index (χ2n) is 34.1. The van der Waals surface area contributed by atoms with Crippen molar-refractivity contribution in [3.05, 3.63) is 361 Å². The maximum atomic E-state index is 10.4. The lowest BCUT2D eigenvalue weighted by molar-refractivity contribution is 0.570. The Labute approximate surface area is 723 Å². The predicted octanol–water partition coefficient (Wildman–Crippen LogP) is 27.0. The molecule has 7 nitrogen and oxygen atoms in total. The van der Waals surface area contributed by atoms with Gasteiger partial charge in [0.05, 0.1) is 74.8 Å². The monoisotopic (exact) mass is 1540 g/mol. The van der Waals surface area contributed by atoms with Crippen LogP contribution in [0.25, 0.3) is 134 Å². The van der Waals surface area contributed by atoms with E-state index in [-0.39, 0.29) is 88.9 Å². The van der Waals surface area contributed by atoms with E-state index in [0.717, 1.165) is 22.3 Å². The molecule has 0 radical (unpaired) electrons. The fraction of sp³-hybridized carbons (Fsp3) is 0.147. The molecule has 8 heteroatoms. The number of nitrogens with zero attached hydrogens (tertiary/aromatic N) is 7. The Hall–Kier alpha value is -13.4. The molecule has 3 aromatic heterocycles. The molecule has 0 saturated heterocycles. The lowest BCUT2D eigenvalue weighted by atomic mass is 9.33. The lowest BCUT2D eigenvalue weighted by Crippen LogP contribution is -2.61. The molecular weight excluding hydrogens is 1420 g/mol. The summed E-state index contributed by atoms with van der Waals surface area (Å²) in [6.45, 7) is 24.0. The van der Waals surface area contributed by atoms with Gasteiger partial charge in [0, 0.05) is 83.4 Å². The van der Waals surface area contributed by atoms with Crippen LogP contribution in [0.3, 0.4) is 0 Å². The Bertz CT molecular complexity index is 8300. The molecule has 566 valence electrons. The molecule has 117 heavy (non-hydrogen) atoms. The van der Waals surface area contributed by atoms with Crippen LogP contribution >= 0.6 is 0 Å². The number of hydrogen-bond donors (Lipinski definition) is 0. The smallest absolute Gasteiger partial charge is 0.252 e. The van der Waals surface area contributed by atoms with Gasteiger partial charge in [0.1, 0.15) is 0 Å². The van der Waals surface area contributed by atoms with Gasteiger partial charge in [-0.2, -0.15) is 0 Å². The number of aromatic nitrogens is 5. The topological polar surface area (TPSA) is 55.0 Å². The van der Waals surface area contributed by atoms with Gasteiger partial charge in [0.25, 0.3) is 6.71 Å². The van der Waals surface area contributed by atoms with E-state index in [0.29, 0.717) is 78.0 Å². The largest absolute Gasteiger partial charge is 0.310 e. The molecule has 0 aliphatic carbocycles. The Morgan fingerprint density at radius 3 is 1.07 bits per heavy atom. The third-order valence-corrected chi connectivity index (χ3v) is 22.6. The highest BCUT2D eigenvalue weighted by atomic mass is 15.2. The molecule has 0 N–H and O–H groups in total. The zero-order valence-electron chi connectivity index (χ0n) is 92.5. The van der Waals surface area contributed by atoms with Crippen LogP contribution in [-0.4, -0.2) is 30.8 Å². The van der Waals surface area contributed by atoms with Gasteiger partial charge in [-0.15, -0.1) is 0 Å². The molecule has 0 fully saturated rings. The number of benzene rings is 15. The van der Waals surface area contributed by atoms with Crippen LogP contribution in [0.1, 0.15) is 141 Å². The predicted molar refractivity (Wildman–Crippen MR) is 495 cm³/mol. The van der Waals surface area contributed by atoms with Crippen molar-refractivity contribution in [2.24, 2.45) is 0 Å². The lowest BCUT2D eigenvalue weighted by Gasteiger charge is -2.46. The minimum Gasteiger partial charge on any atom is -0.310 e. The minimum atomic E-state index is -1.09. The minimum absolute atomic E-state index is 0.000913. The Balaban J connectivity index is 1.08. The first-order chi connectivity index (χ1) is 67.4. The summed E-state index contributed by atoms with van der Waals surface area (Å²) in [5.74, 6) is -1.50. The summed E-state index contributed by atoms with van der Waals surface area (Å²) in [6.07, 6.45) is 0. The second kappa shape index (κ2) is 27.7. The van der Waals surface area contributed by atoms with E-state index in [4.69, 9.17) is 17.7 Å². The molecule has 0 atom stereocenters. The fourth-order valence-electron chi connectivity index (χ4n) is 16.9. The highest BCUT2D eigenvalue weighted by molar-refractivity contribution is 7.00. The summed E-state index contributed by atoms with van der Waals surface area (Å²) in [5.41, 5.74) is 7.63. The standard InChI is InChI=1S/C109H92BN7/c1-106(2,3)75-55-57-80(89(65-75)109(10,11)12)74-54-58-90-96(60-74)116(102-87(71-40-22-15-23-41-71)63-77(108(7,8)9)64-88(102)105-112-103(72-42-24-16-25-43-72)111-104(113-105)73-44-26-17-27-45-73)98-67-79(115-94-52-34-30-48-83(94)84-49-31-35-53-95(84)115)68-99-100(98)110(90)91-59-56-78(114-92-50-32-28-46-81(92)82-47-29-33-51-93(82)114)66-97(91)117(99)101-85(69-36-18-13-19-37-69)61-76(107(4,5)6)62-86(101)70-38-20-14-21-39-70/h13-68H,1-12H3/i16D,17D,24D,25D,26D,27D,28D,29D,30D,31D,32D,33D,34D,35D,42D,43D,44D,45D,46D,47D,48D,49D,50D,51D,52D,53D. The van der Waals surface area contributed by atoms with Crippen LogP contribution in [-0.2, 0) is 21.7 Å². The maximum absolute atomic E-state index is 10.4. The van der Waals surface area contributed by atoms with E-state index in [1.807, 2.05) is 159 Å². The summed E-state index contributed by atoms with van der Waals surface area (Å²) >= 11 is 0. The van der Waals surface area contributed by atoms with Crippen molar-refractivity contribution in [3.63, 3.8) is 0 Å². The highest BCUT2D eigenvalue weighted by Gasteiger charge is 2.47. The van der Waals surface area contributed by atoms with Gasteiger partial charge in [0.2, 0.25) is 0 Å². The van der Waals surface area contributed by atoms with E-state index in [2.05, 4.69) is 104 Å². The average Bonchev–Trinajstić information content (AvgIpc) is 1.68. The van der Waals surface area contributed by atoms with Crippen molar-refractivity contribution in [2.45, 2.75) is 105 Å². The van der Waals surface area contributed by atoms with Gasteiger partial charge in [-0.25, -0.2) is 15.0 Å². The molecule has 0 unspecified atom stereocenters. The molecule has 0 saturated carbocycles. The average molecular weight is 1540 g/mol. The van der Waals surface area contributed by atoms with E-state index >= 15 is 0 Å². The summed E-state index contributed by atoms with van der Waals surface area (Å²) in [7, 11) is 0. The molecular formula is C109H92BN7. The SMILES string of the molecule is [2H]c1c([2H])c([2H])c(-c2nc(-c3cc(C(C)(C)C)cc(-c4ccccc4)c3N3c4cc(-c5ccc(C(C)(C)C)cc5C(C)(C)C)ccc4B4c5ccc(-n6c7c([2H])c([2H])c([2H])c([2H])c7c7c([2H])c([2H])c([2H])c([2H])c76)cc5N(c5c(-c6ccccc6)cc(C(C)(C)C)cc5-c5ccccc5)c5cc(-n6c7c([2H])c([2H])c([2H])c([2H])c7c7c([2H])c([2H])c([2H])c([2H])c76)cc3c54)nc(-c3c([2H])c([2H])c([2H])c([2H])c3[2H])n2)c([2H])c1[2H]. The summed E-state index contributed by atoms with van der Waals surface area (Å²) in [6, 6.07) is 40.4. The number of hydrogen-bond acceptors (Lipinski definition) is 5. The number of para-hydroxylation sites is 4. The number of rotatable bonds is 11. The molecule has 18 aromatic rings. The van der Waals surface area contributed by atoms with Crippen LogP contribution in [0.4, 0.5) is 34.1 Å². The molecule has 2 aliphatic heterocycles. The first-order valence-corrected chi connectivity index (χ1v) is 39.1. The normalized spacial score (nSPS) is 16.0. The first kappa shape index (κ1) is 49.4. The van der Waals surface area contributed by atoms with Crippen LogP contribution in [0, 0.1) is 0 Å². The Morgan fingerprint density at radius 2 is 0.641 bits per heavy atom. The van der Waals surface area contributed by atoms with Crippen molar-refractivity contribution >= 4 is 101 Å². The molecule has 15 aromatic carbocycles. The quantitative estimate of drug-likeness (QED) is 0.121. The zero-order valence-corrected chi connectivity index (χ0v) is 66.5. The van der Waals surface area contributed by atoms with Crippen LogP contribution < -0.4 is 26.2 Å². The third kappa shape index (κ3) is 12.4. The van der Waals surface area contributed by atoms with Crippen LogP contribution in [0.15, 0.2) is 339 Å². The van der Waals surface area contributed by atoms with Gasteiger partial charge in [-0.3, -0.25) is 0 Å². The van der Waals surface area contributed by atoms with E-state index < -0.39 is 203 Å². The van der Waals surface area contributed by atoms with Gasteiger partial charge >= 0.3 is 0 Å². The fourth-order valence-corrected chi connectivity index (χ4v) is 16.9. The van der Waals surface area contributed by atoms with Gasteiger partial charge in [0.15, 0.2) is 17.5 Å². The number of fused-ring (bicyclic) bond motifs is 10. The van der Waals surface area contributed by atoms with E-state index in [1.165, 1.54) is 9.13 Å². The van der Waals surface area contributed by atoms with Crippen LogP contribution in [0.2, 0.25) is 0 Å². The molecule has 0 bridgehead atoms. The van der Waals surface area contributed by atoms with Gasteiger partial charge in [-0.1, -0.05) is 343 Å². The zero-order chi connectivity index (χ0) is 103. The molecule has 20 rings (SSSR count). The van der Waals surface area contributed by atoms with E-state index in [9.17, 15) is 32.9 Å². The number of anilines is 6. The van der Waals surface area contributed by atoms with Crippen molar-refractivity contribution in [2.75, 3.05) is 9.80 Å². The van der Waals surface area contributed by atoms with Crippen molar-refractivity contribution in [1.82, 2.24) is 24.1 Å².